The Hall–Kier alpha value is -1.09. The minimum atomic E-state index is -0.578. The molecule has 1 heterocycles. The standard InChI is InChI=1S/C16H17Cl2NO/c1-10(14-6-5-13(17)8-15(14)18)11(2)16(20)12-4-3-7-19-9-12/h3-11,16,20H,1-2H3. The zero-order valence-corrected chi connectivity index (χ0v) is 12.9. The van der Waals surface area contributed by atoms with Crippen LogP contribution in [-0.2, 0) is 0 Å². The fraction of sp³-hybridized carbons (Fsp3) is 0.312. The summed E-state index contributed by atoms with van der Waals surface area (Å²) in [5, 5.41) is 11.7. The Morgan fingerprint density at radius 1 is 1.15 bits per heavy atom. The Labute approximate surface area is 129 Å². The molecule has 106 valence electrons. The summed E-state index contributed by atoms with van der Waals surface area (Å²) in [6, 6.07) is 9.18. The zero-order chi connectivity index (χ0) is 14.7. The van der Waals surface area contributed by atoms with Gasteiger partial charge in [-0.2, -0.15) is 0 Å². The zero-order valence-electron chi connectivity index (χ0n) is 11.4. The van der Waals surface area contributed by atoms with Crippen LogP contribution in [0.25, 0.3) is 0 Å². The molecule has 0 aliphatic heterocycles. The fourth-order valence-electron chi connectivity index (χ4n) is 2.28. The first-order chi connectivity index (χ1) is 9.50. The number of halogens is 2. The lowest BCUT2D eigenvalue weighted by Crippen LogP contribution is -2.16. The van der Waals surface area contributed by atoms with E-state index >= 15 is 0 Å². The van der Waals surface area contributed by atoms with Crippen molar-refractivity contribution in [1.82, 2.24) is 4.98 Å². The number of pyridine rings is 1. The summed E-state index contributed by atoms with van der Waals surface area (Å²) < 4.78 is 0. The Kier molecular flexibility index (Phi) is 5.03. The number of aliphatic hydroxyl groups is 1. The maximum atomic E-state index is 10.5. The van der Waals surface area contributed by atoms with Gasteiger partial charge in [-0.3, -0.25) is 4.98 Å². The van der Waals surface area contributed by atoms with Crippen LogP contribution in [0.1, 0.15) is 37.0 Å². The summed E-state index contributed by atoms with van der Waals surface area (Å²) in [7, 11) is 0. The van der Waals surface area contributed by atoms with Gasteiger partial charge in [0.2, 0.25) is 0 Å². The number of hydrogen-bond donors (Lipinski definition) is 1. The van der Waals surface area contributed by atoms with E-state index < -0.39 is 6.10 Å². The summed E-state index contributed by atoms with van der Waals surface area (Å²) in [5.41, 5.74) is 1.81. The molecule has 0 saturated carbocycles. The van der Waals surface area contributed by atoms with E-state index in [1.54, 1.807) is 18.5 Å². The van der Waals surface area contributed by atoms with Crippen molar-refractivity contribution in [3.63, 3.8) is 0 Å². The maximum absolute atomic E-state index is 10.5. The lowest BCUT2D eigenvalue weighted by Gasteiger charge is -2.26. The lowest BCUT2D eigenvalue weighted by molar-refractivity contribution is 0.105. The van der Waals surface area contributed by atoms with Crippen molar-refractivity contribution in [2.75, 3.05) is 0 Å². The lowest BCUT2D eigenvalue weighted by atomic mass is 9.83. The minimum absolute atomic E-state index is 0.0119. The smallest absolute Gasteiger partial charge is 0.0836 e. The van der Waals surface area contributed by atoms with Crippen molar-refractivity contribution in [3.8, 4) is 0 Å². The van der Waals surface area contributed by atoms with Crippen molar-refractivity contribution >= 4 is 23.2 Å². The molecule has 3 unspecified atom stereocenters. The van der Waals surface area contributed by atoms with E-state index in [4.69, 9.17) is 23.2 Å². The Morgan fingerprint density at radius 3 is 2.50 bits per heavy atom. The SMILES string of the molecule is CC(c1ccc(Cl)cc1Cl)C(C)C(O)c1cccnc1. The van der Waals surface area contributed by atoms with Crippen LogP contribution in [0.2, 0.25) is 10.0 Å². The highest BCUT2D eigenvalue weighted by Crippen LogP contribution is 2.37. The average Bonchev–Trinajstić information content (AvgIpc) is 2.46. The molecule has 0 amide bonds. The van der Waals surface area contributed by atoms with Crippen LogP contribution in [0.15, 0.2) is 42.7 Å². The molecule has 2 nitrogen and oxygen atoms in total. The highest BCUT2D eigenvalue weighted by molar-refractivity contribution is 6.35. The molecule has 0 aliphatic rings. The predicted molar refractivity (Wildman–Crippen MR) is 83.2 cm³/mol. The van der Waals surface area contributed by atoms with Gasteiger partial charge in [-0.1, -0.05) is 49.2 Å². The van der Waals surface area contributed by atoms with Crippen molar-refractivity contribution in [3.05, 3.63) is 63.9 Å². The van der Waals surface area contributed by atoms with Crippen LogP contribution in [-0.4, -0.2) is 10.1 Å². The molecule has 0 radical (unpaired) electrons. The average molecular weight is 310 g/mol. The van der Waals surface area contributed by atoms with Gasteiger partial charge >= 0.3 is 0 Å². The number of aliphatic hydroxyl groups excluding tert-OH is 1. The first-order valence-electron chi connectivity index (χ1n) is 6.53. The van der Waals surface area contributed by atoms with Gasteiger partial charge in [0.25, 0.3) is 0 Å². The van der Waals surface area contributed by atoms with E-state index in [2.05, 4.69) is 11.9 Å². The Bertz CT molecular complexity index is 574. The predicted octanol–water partition coefficient (Wildman–Crippen LogP) is 4.86. The van der Waals surface area contributed by atoms with Crippen LogP contribution in [0.5, 0.6) is 0 Å². The number of hydrogen-bond acceptors (Lipinski definition) is 2. The molecule has 4 heteroatoms. The van der Waals surface area contributed by atoms with E-state index in [9.17, 15) is 5.11 Å². The van der Waals surface area contributed by atoms with E-state index in [1.165, 1.54) is 0 Å². The van der Waals surface area contributed by atoms with Gasteiger partial charge in [0.15, 0.2) is 0 Å². The van der Waals surface area contributed by atoms with E-state index in [0.717, 1.165) is 11.1 Å². The van der Waals surface area contributed by atoms with Gasteiger partial charge in [0.1, 0.15) is 0 Å². The third-order valence-corrected chi connectivity index (χ3v) is 4.33. The summed E-state index contributed by atoms with van der Waals surface area (Å²) in [6.45, 7) is 4.06. The Morgan fingerprint density at radius 2 is 1.90 bits per heavy atom. The third-order valence-electron chi connectivity index (χ3n) is 3.77. The summed E-state index contributed by atoms with van der Waals surface area (Å²) in [6.07, 6.45) is 2.81. The third kappa shape index (κ3) is 3.32. The molecule has 0 bridgehead atoms. The second kappa shape index (κ2) is 6.57. The summed E-state index contributed by atoms with van der Waals surface area (Å²) >= 11 is 12.2. The van der Waals surface area contributed by atoms with Gasteiger partial charge in [-0.05, 0) is 41.2 Å². The van der Waals surface area contributed by atoms with Gasteiger partial charge in [0, 0.05) is 22.4 Å². The number of aromatic nitrogens is 1. The molecule has 1 aromatic carbocycles. The molecule has 0 spiro atoms. The molecule has 3 atom stereocenters. The number of nitrogens with zero attached hydrogens (tertiary/aromatic N) is 1. The first-order valence-corrected chi connectivity index (χ1v) is 7.29. The minimum Gasteiger partial charge on any atom is -0.388 e. The normalized spacial score (nSPS) is 15.7. The molecule has 1 N–H and O–H groups in total. The topological polar surface area (TPSA) is 33.1 Å². The monoisotopic (exact) mass is 309 g/mol. The highest BCUT2D eigenvalue weighted by Gasteiger charge is 2.25. The van der Waals surface area contributed by atoms with Crippen LogP contribution in [0.4, 0.5) is 0 Å². The van der Waals surface area contributed by atoms with Crippen molar-refractivity contribution < 1.29 is 5.11 Å². The highest BCUT2D eigenvalue weighted by atomic mass is 35.5. The van der Waals surface area contributed by atoms with Gasteiger partial charge in [-0.15, -0.1) is 0 Å². The number of benzene rings is 1. The quantitative estimate of drug-likeness (QED) is 0.874. The van der Waals surface area contributed by atoms with Crippen molar-refractivity contribution in [2.45, 2.75) is 25.9 Å². The second-order valence-corrected chi connectivity index (χ2v) is 5.89. The second-order valence-electron chi connectivity index (χ2n) is 5.04. The van der Waals surface area contributed by atoms with Gasteiger partial charge in [-0.25, -0.2) is 0 Å². The number of rotatable bonds is 4. The Balaban J connectivity index is 2.22. The molecular formula is C16H17Cl2NO. The van der Waals surface area contributed by atoms with E-state index in [0.29, 0.717) is 10.0 Å². The van der Waals surface area contributed by atoms with Crippen LogP contribution in [0, 0.1) is 5.92 Å². The molecular weight excluding hydrogens is 293 g/mol. The molecule has 1 aromatic heterocycles. The van der Waals surface area contributed by atoms with E-state index in [-0.39, 0.29) is 11.8 Å². The van der Waals surface area contributed by atoms with Gasteiger partial charge in [0.05, 0.1) is 6.10 Å². The molecule has 0 fully saturated rings. The molecule has 0 aliphatic carbocycles. The van der Waals surface area contributed by atoms with Crippen LogP contribution < -0.4 is 0 Å². The fourth-order valence-corrected chi connectivity index (χ4v) is 2.86. The van der Waals surface area contributed by atoms with Gasteiger partial charge < -0.3 is 5.11 Å². The van der Waals surface area contributed by atoms with E-state index in [1.807, 2.05) is 31.2 Å². The maximum Gasteiger partial charge on any atom is 0.0836 e. The molecule has 2 rings (SSSR count). The van der Waals surface area contributed by atoms with Crippen molar-refractivity contribution in [1.29, 1.82) is 0 Å². The molecule has 2 aromatic rings. The summed E-state index contributed by atoms with van der Waals surface area (Å²) in [4.78, 5) is 4.05. The van der Waals surface area contributed by atoms with Crippen molar-refractivity contribution in [2.24, 2.45) is 5.92 Å². The first kappa shape index (κ1) is 15.3. The molecule has 20 heavy (non-hydrogen) atoms. The summed E-state index contributed by atoms with van der Waals surface area (Å²) in [5.74, 6) is 0.118. The van der Waals surface area contributed by atoms with Crippen LogP contribution >= 0.6 is 23.2 Å². The molecule has 0 saturated heterocycles. The largest absolute Gasteiger partial charge is 0.388 e. The van der Waals surface area contributed by atoms with Crippen LogP contribution in [0.3, 0.4) is 0 Å².